The molecule has 2 aromatic rings. The van der Waals surface area contributed by atoms with Crippen LogP contribution in [0.4, 0.5) is 0 Å². The summed E-state index contributed by atoms with van der Waals surface area (Å²) in [5.74, 6) is 0.659. The van der Waals surface area contributed by atoms with Crippen LogP contribution in [0.5, 0.6) is 0 Å². The van der Waals surface area contributed by atoms with E-state index in [0.717, 1.165) is 23.4 Å². The van der Waals surface area contributed by atoms with Crippen LogP contribution in [-0.2, 0) is 4.74 Å². The molecule has 3 rings (SSSR count). The summed E-state index contributed by atoms with van der Waals surface area (Å²) < 4.78 is 6.72. The van der Waals surface area contributed by atoms with Gasteiger partial charge in [-0.2, -0.15) is 9.78 Å². The molecule has 7 nitrogen and oxygen atoms in total. The highest BCUT2D eigenvalue weighted by molar-refractivity contribution is 5.39. The molecule has 3 heterocycles. The number of tetrazole rings is 1. The van der Waals surface area contributed by atoms with Gasteiger partial charge in [-0.1, -0.05) is 0 Å². The molecule has 82 valence electrons. The molecule has 7 heteroatoms. The molecule has 16 heavy (non-hydrogen) atoms. The summed E-state index contributed by atoms with van der Waals surface area (Å²) in [7, 11) is 0. The zero-order valence-electron chi connectivity index (χ0n) is 8.95. The minimum atomic E-state index is 0.120. The average molecular weight is 218 g/mol. The van der Waals surface area contributed by atoms with Gasteiger partial charge in [0, 0.05) is 5.56 Å². The fraction of sp³-hybridized carbons (Fsp3) is 0.444. The van der Waals surface area contributed by atoms with Gasteiger partial charge in [0.15, 0.2) is 5.82 Å². The average Bonchev–Trinajstić information content (AvgIpc) is 2.98. The van der Waals surface area contributed by atoms with E-state index in [1.807, 2.05) is 13.8 Å². The molecule has 1 unspecified atom stereocenters. The second-order valence-corrected chi connectivity index (χ2v) is 3.74. The maximum atomic E-state index is 5.21. The van der Waals surface area contributed by atoms with Crippen molar-refractivity contribution < 1.29 is 4.74 Å². The lowest BCUT2D eigenvalue weighted by molar-refractivity contribution is 0.408. The van der Waals surface area contributed by atoms with Gasteiger partial charge in [0.25, 0.3) is 0 Å². The summed E-state index contributed by atoms with van der Waals surface area (Å²) >= 11 is 0. The van der Waals surface area contributed by atoms with Crippen LogP contribution in [0, 0.1) is 13.8 Å². The van der Waals surface area contributed by atoms with E-state index in [-0.39, 0.29) is 6.10 Å². The molecule has 0 aromatic carbocycles. The minimum Gasteiger partial charge on any atom is -0.366 e. The summed E-state index contributed by atoms with van der Waals surface area (Å²) in [5, 5.41) is 19.3. The number of hydrogen-bond acceptors (Lipinski definition) is 6. The molecule has 1 aliphatic rings. The molecule has 1 fully saturated rings. The highest BCUT2D eigenvalue weighted by Crippen LogP contribution is 2.31. The fourth-order valence-electron chi connectivity index (χ4n) is 1.60. The van der Waals surface area contributed by atoms with Gasteiger partial charge in [0.2, 0.25) is 0 Å². The topological polar surface area (TPSA) is 81.9 Å². The van der Waals surface area contributed by atoms with Crippen molar-refractivity contribution in [2.24, 2.45) is 0 Å². The number of aromatic nitrogens is 6. The third-order valence-electron chi connectivity index (χ3n) is 2.74. The van der Waals surface area contributed by atoms with E-state index < -0.39 is 0 Å². The summed E-state index contributed by atoms with van der Waals surface area (Å²) in [5.41, 5.74) is 3.02. The van der Waals surface area contributed by atoms with Crippen molar-refractivity contribution in [1.82, 2.24) is 30.4 Å². The molecule has 0 bridgehead atoms. The zero-order chi connectivity index (χ0) is 11.1. The first-order chi connectivity index (χ1) is 7.77. The Morgan fingerprint density at radius 1 is 1.31 bits per heavy atom. The van der Waals surface area contributed by atoms with E-state index in [1.165, 1.54) is 11.0 Å². The first kappa shape index (κ1) is 9.34. The first-order valence-corrected chi connectivity index (χ1v) is 4.96. The second kappa shape index (κ2) is 3.31. The molecule has 0 saturated carbocycles. The standard InChI is InChI=1S/C9H10N6O/c1-5-6(2)9(15-4-10-13-14-15)12-11-8(5)7-3-16-7/h4,7H,3H2,1-2H3. The van der Waals surface area contributed by atoms with Crippen molar-refractivity contribution in [3.8, 4) is 5.82 Å². The molecule has 0 aliphatic carbocycles. The Bertz CT molecular complexity index is 519. The summed E-state index contributed by atoms with van der Waals surface area (Å²) in [4.78, 5) is 0. The van der Waals surface area contributed by atoms with Crippen LogP contribution in [0.15, 0.2) is 6.33 Å². The lowest BCUT2D eigenvalue weighted by Gasteiger charge is -2.08. The van der Waals surface area contributed by atoms with Gasteiger partial charge < -0.3 is 4.74 Å². The smallest absolute Gasteiger partial charge is 0.182 e. The Labute approximate surface area is 91.4 Å². The molecule has 0 amide bonds. The Morgan fingerprint density at radius 3 is 2.75 bits per heavy atom. The molecule has 1 aliphatic heterocycles. The van der Waals surface area contributed by atoms with Crippen LogP contribution in [0.2, 0.25) is 0 Å². The summed E-state index contributed by atoms with van der Waals surface area (Å²) in [6.45, 7) is 4.72. The quantitative estimate of drug-likeness (QED) is 0.667. The Morgan fingerprint density at radius 2 is 2.12 bits per heavy atom. The lowest BCUT2D eigenvalue weighted by Crippen LogP contribution is -2.08. The van der Waals surface area contributed by atoms with Crippen molar-refractivity contribution in [2.45, 2.75) is 20.0 Å². The van der Waals surface area contributed by atoms with Crippen molar-refractivity contribution in [2.75, 3.05) is 6.61 Å². The predicted molar refractivity (Wildman–Crippen MR) is 52.9 cm³/mol. The van der Waals surface area contributed by atoms with E-state index in [4.69, 9.17) is 4.74 Å². The zero-order valence-corrected chi connectivity index (χ0v) is 8.95. The van der Waals surface area contributed by atoms with Crippen molar-refractivity contribution >= 4 is 0 Å². The number of rotatable bonds is 2. The largest absolute Gasteiger partial charge is 0.366 e. The predicted octanol–water partition coefficient (Wildman–Crippen LogP) is 0.140. The van der Waals surface area contributed by atoms with Crippen LogP contribution in [-0.4, -0.2) is 37.0 Å². The highest BCUT2D eigenvalue weighted by Gasteiger charge is 2.29. The highest BCUT2D eigenvalue weighted by atomic mass is 16.6. The third kappa shape index (κ3) is 1.36. The van der Waals surface area contributed by atoms with E-state index in [1.54, 1.807) is 0 Å². The molecular formula is C9H10N6O. The molecule has 1 atom stereocenters. The Hall–Kier alpha value is -1.89. The van der Waals surface area contributed by atoms with E-state index in [2.05, 4.69) is 25.7 Å². The van der Waals surface area contributed by atoms with Gasteiger partial charge in [0.05, 0.1) is 12.3 Å². The summed E-state index contributed by atoms with van der Waals surface area (Å²) in [6.07, 6.45) is 1.62. The molecule has 0 N–H and O–H groups in total. The number of hydrogen-bond donors (Lipinski definition) is 0. The van der Waals surface area contributed by atoms with Gasteiger partial charge in [-0.3, -0.25) is 0 Å². The Balaban J connectivity index is 2.11. The molecule has 0 spiro atoms. The van der Waals surface area contributed by atoms with Crippen LogP contribution in [0.3, 0.4) is 0 Å². The van der Waals surface area contributed by atoms with Gasteiger partial charge in [-0.05, 0) is 29.8 Å². The van der Waals surface area contributed by atoms with E-state index >= 15 is 0 Å². The maximum Gasteiger partial charge on any atom is 0.182 e. The van der Waals surface area contributed by atoms with Crippen LogP contribution in [0.1, 0.15) is 22.9 Å². The molecule has 0 radical (unpaired) electrons. The van der Waals surface area contributed by atoms with E-state index in [9.17, 15) is 0 Å². The monoisotopic (exact) mass is 218 g/mol. The fourth-order valence-corrected chi connectivity index (χ4v) is 1.60. The van der Waals surface area contributed by atoms with Crippen LogP contribution < -0.4 is 0 Å². The van der Waals surface area contributed by atoms with Gasteiger partial charge >= 0.3 is 0 Å². The molecule has 1 saturated heterocycles. The van der Waals surface area contributed by atoms with Crippen LogP contribution >= 0.6 is 0 Å². The second-order valence-electron chi connectivity index (χ2n) is 3.74. The van der Waals surface area contributed by atoms with Crippen molar-refractivity contribution in [1.29, 1.82) is 0 Å². The minimum absolute atomic E-state index is 0.120. The number of nitrogens with zero attached hydrogens (tertiary/aromatic N) is 6. The SMILES string of the molecule is Cc1c(C2CO2)nnc(-n2cnnn2)c1C. The van der Waals surface area contributed by atoms with Gasteiger partial charge in [-0.25, -0.2) is 0 Å². The van der Waals surface area contributed by atoms with Gasteiger partial charge in [-0.15, -0.1) is 10.2 Å². The van der Waals surface area contributed by atoms with Gasteiger partial charge in [0.1, 0.15) is 12.4 Å². The first-order valence-electron chi connectivity index (χ1n) is 4.96. The van der Waals surface area contributed by atoms with E-state index in [0.29, 0.717) is 5.82 Å². The Kier molecular flexibility index (Phi) is 1.93. The maximum absolute atomic E-state index is 5.21. The van der Waals surface area contributed by atoms with Crippen molar-refractivity contribution in [3.05, 3.63) is 23.1 Å². The molecular weight excluding hydrogens is 208 g/mol. The normalized spacial score (nSPS) is 18.8. The molecule has 2 aromatic heterocycles. The lowest BCUT2D eigenvalue weighted by atomic mass is 10.1. The number of epoxide rings is 1. The van der Waals surface area contributed by atoms with Crippen molar-refractivity contribution in [3.63, 3.8) is 0 Å². The summed E-state index contributed by atoms with van der Waals surface area (Å²) in [6, 6.07) is 0. The van der Waals surface area contributed by atoms with Crippen LogP contribution in [0.25, 0.3) is 5.82 Å². The third-order valence-corrected chi connectivity index (χ3v) is 2.74. The number of ether oxygens (including phenoxy) is 1.